The summed E-state index contributed by atoms with van der Waals surface area (Å²) in [5.74, 6) is -0.566. The third-order valence-electron chi connectivity index (χ3n) is 10.8. The molecule has 0 rings (SSSR count). The Labute approximate surface area is 364 Å². The fourth-order valence-corrected chi connectivity index (χ4v) is 7.00. The summed E-state index contributed by atoms with van der Waals surface area (Å²) in [7, 11) is 0. The van der Waals surface area contributed by atoms with Gasteiger partial charge in [0.05, 0.1) is 25.2 Å². The predicted molar refractivity (Wildman–Crippen MR) is 255 cm³/mol. The van der Waals surface area contributed by atoms with Gasteiger partial charge in [0.1, 0.15) is 6.10 Å². The van der Waals surface area contributed by atoms with Crippen LogP contribution in [0.1, 0.15) is 226 Å². The van der Waals surface area contributed by atoms with Crippen LogP contribution in [0.25, 0.3) is 0 Å². The van der Waals surface area contributed by atoms with E-state index in [4.69, 9.17) is 4.74 Å². The third-order valence-corrected chi connectivity index (χ3v) is 10.8. The molecule has 0 bridgehead atoms. The van der Waals surface area contributed by atoms with Crippen LogP contribution in [0.4, 0.5) is 0 Å². The Morgan fingerprint density at radius 3 is 1.44 bits per heavy atom. The lowest BCUT2D eigenvalue weighted by Crippen LogP contribution is -2.46. The second-order valence-corrected chi connectivity index (χ2v) is 16.5. The highest BCUT2D eigenvalue weighted by Gasteiger charge is 2.24. The normalized spacial score (nSPS) is 13.9. The number of amides is 1. The molecule has 3 N–H and O–H groups in total. The van der Waals surface area contributed by atoms with E-state index in [-0.39, 0.29) is 24.9 Å². The Balaban J connectivity index is 4.72. The Morgan fingerprint density at radius 2 is 0.915 bits per heavy atom. The molecule has 0 radical (unpaired) electrons. The minimum Gasteiger partial charge on any atom is -0.462 e. The Hall–Kier alpha value is -2.70. The van der Waals surface area contributed by atoms with E-state index in [1.807, 2.05) is 0 Å². The first kappa shape index (κ1) is 56.3. The number of aliphatic hydroxyl groups excluding tert-OH is 2. The van der Waals surface area contributed by atoms with Crippen molar-refractivity contribution in [1.29, 1.82) is 0 Å². The summed E-state index contributed by atoms with van der Waals surface area (Å²) in [5.41, 5.74) is 0. The molecule has 3 atom stereocenters. The number of ether oxygens (including phenoxy) is 1. The maximum atomic E-state index is 13.2. The molecule has 1 amide bonds. The van der Waals surface area contributed by atoms with Crippen molar-refractivity contribution in [2.24, 2.45) is 0 Å². The number of allylic oxidation sites excluding steroid dienone is 12. The van der Waals surface area contributed by atoms with Gasteiger partial charge < -0.3 is 20.3 Å². The van der Waals surface area contributed by atoms with Crippen molar-refractivity contribution in [3.63, 3.8) is 0 Å². The van der Waals surface area contributed by atoms with Crippen molar-refractivity contribution >= 4 is 11.9 Å². The lowest BCUT2D eigenvalue weighted by Gasteiger charge is -2.24. The van der Waals surface area contributed by atoms with Crippen LogP contribution in [0.15, 0.2) is 72.9 Å². The van der Waals surface area contributed by atoms with E-state index in [9.17, 15) is 19.8 Å². The number of unbranched alkanes of at least 4 members (excludes halogenated alkanes) is 20. The summed E-state index contributed by atoms with van der Waals surface area (Å²) in [6.07, 6.45) is 58.2. The van der Waals surface area contributed by atoms with E-state index in [0.717, 1.165) is 83.5 Å². The summed E-state index contributed by atoms with van der Waals surface area (Å²) in [4.78, 5) is 26.0. The highest BCUT2D eigenvalue weighted by Crippen LogP contribution is 2.16. The average Bonchev–Trinajstić information content (AvgIpc) is 3.23. The zero-order valence-corrected chi connectivity index (χ0v) is 38.6. The number of nitrogens with one attached hydrogen (secondary N) is 1. The highest BCUT2D eigenvalue weighted by atomic mass is 16.5. The van der Waals surface area contributed by atoms with E-state index in [2.05, 4.69) is 99.0 Å². The molecule has 0 saturated heterocycles. The van der Waals surface area contributed by atoms with E-state index >= 15 is 0 Å². The van der Waals surface area contributed by atoms with E-state index in [1.165, 1.54) is 89.9 Å². The molecule has 0 saturated carbocycles. The number of hydrogen-bond donors (Lipinski definition) is 3. The standard InChI is InChI=1S/C53H93NO5/c1-4-7-10-13-16-19-22-24-25-26-27-29-31-34-37-40-43-46-53(58)59-49(44-41-38-35-32-30-28-23-20-17-14-11-8-5-2)47-52(57)54-50(48-55)51(56)45-42-39-36-33-21-18-15-12-9-6-3/h16-17,19-20,23-25,27-29,34,37,49-51,55-56H,4-15,18,21-22,26,30-33,35-36,38-48H2,1-3H3,(H,54,57)/b19-16-,20-17+,25-24-,28-23+,29-27-,37-34-. The third kappa shape index (κ3) is 41.8. The first-order valence-corrected chi connectivity index (χ1v) is 24.7. The second kappa shape index (κ2) is 46.4. The van der Waals surface area contributed by atoms with Crippen LogP contribution >= 0.6 is 0 Å². The summed E-state index contributed by atoms with van der Waals surface area (Å²) in [6.45, 7) is 6.38. The van der Waals surface area contributed by atoms with Crippen LogP contribution in [0.5, 0.6) is 0 Å². The lowest BCUT2D eigenvalue weighted by atomic mass is 10.0. The van der Waals surface area contributed by atoms with Crippen molar-refractivity contribution in [3.05, 3.63) is 72.9 Å². The molecule has 0 aliphatic heterocycles. The Morgan fingerprint density at radius 1 is 0.508 bits per heavy atom. The van der Waals surface area contributed by atoms with Gasteiger partial charge >= 0.3 is 5.97 Å². The monoisotopic (exact) mass is 824 g/mol. The Kier molecular flexibility index (Phi) is 44.2. The highest BCUT2D eigenvalue weighted by molar-refractivity contribution is 5.77. The van der Waals surface area contributed by atoms with Gasteiger partial charge in [-0.1, -0.05) is 196 Å². The topological polar surface area (TPSA) is 95.9 Å². The molecule has 6 heteroatoms. The molecule has 3 unspecified atom stereocenters. The SMILES string of the molecule is CCCCC/C=C\C/C=C\C/C=C\C/C=C\CCCC(=O)OC(CCCCCC/C=C/C=C/CCCCC)CC(=O)NC(CO)C(O)CCCCCCCCCCCC. The van der Waals surface area contributed by atoms with Crippen LogP contribution in [-0.2, 0) is 14.3 Å². The molecular weight excluding hydrogens is 731 g/mol. The van der Waals surface area contributed by atoms with Crippen LogP contribution < -0.4 is 5.32 Å². The second-order valence-electron chi connectivity index (χ2n) is 16.5. The number of hydrogen-bond acceptors (Lipinski definition) is 5. The number of carbonyl (C=O) groups excluding carboxylic acids is 2. The van der Waals surface area contributed by atoms with Crippen LogP contribution in [-0.4, -0.2) is 46.9 Å². The molecule has 6 nitrogen and oxygen atoms in total. The molecular formula is C53H93NO5. The molecule has 0 aromatic carbocycles. The van der Waals surface area contributed by atoms with Gasteiger partial charge in [-0.3, -0.25) is 9.59 Å². The van der Waals surface area contributed by atoms with Crippen molar-refractivity contribution in [2.75, 3.05) is 6.61 Å². The van der Waals surface area contributed by atoms with Crippen molar-refractivity contribution in [2.45, 2.75) is 244 Å². The van der Waals surface area contributed by atoms with Crippen molar-refractivity contribution in [3.8, 4) is 0 Å². The molecule has 0 aromatic rings. The smallest absolute Gasteiger partial charge is 0.306 e. The molecule has 0 aliphatic rings. The van der Waals surface area contributed by atoms with Gasteiger partial charge in [0.2, 0.25) is 5.91 Å². The van der Waals surface area contributed by atoms with Gasteiger partial charge in [-0.15, -0.1) is 0 Å². The summed E-state index contributed by atoms with van der Waals surface area (Å²) >= 11 is 0. The molecule has 59 heavy (non-hydrogen) atoms. The molecule has 0 fully saturated rings. The quantitative estimate of drug-likeness (QED) is 0.0246. The first-order chi connectivity index (χ1) is 29.0. The maximum absolute atomic E-state index is 13.2. The number of esters is 1. The van der Waals surface area contributed by atoms with Crippen molar-refractivity contribution < 1.29 is 24.5 Å². The molecule has 340 valence electrons. The number of rotatable bonds is 43. The molecule has 0 spiro atoms. The van der Waals surface area contributed by atoms with Crippen molar-refractivity contribution in [1.82, 2.24) is 5.32 Å². The first-order valence-electron chi connectivity index (χ1n) is 24.7. The van der Waals surface area contributed by atoms with Crippen LogP contribution in [0.3, 0.4) is 0 Å². The maximum Gasteiger partial charge on any atom is 0.306 e. The zero-order chi connectivity index (χ0) is 43.1. The van der Waals surface area contributed by atoms with E-state index in [1.54, 1.807) is 0 Å². The average molecular weight is 824 g/mol. The largest absolute Gasteiger partial charge is 0.462 e. The minimum absolute atomic E-state index is 0.0394. The van der Waals surface area contributed by atoms with Gasteiger partial charge in [-0.25, -0.2) is 0 Å². The van der Waals surface area contributed by atoms with Gasteiger partial charge in [-0.2, -0.15) is 0 Å². The fourth-order valence-electron chi connectivity index (χ4n) is 7.00. The van der Waals surface area contributed by atoms with Gasteiger partial charge in [0.15, 0.2) is 0 Å². The summed E-state index contributed by atoms with van der Waals surface area (Å²) in [6, 6.07) is -0.720. The predicted octanol–water partition coefficient (Wildman–Crippen LogP) is 14.6. The lowest BCUT2D eigenvalue weighted by molar-refractivity contribution is -0.151. The van der Waals surface area contributed by atoms with E-state index in [0.29, 0.717) is 25.7 Å². The van der Waals surface area contributed by atoms with Gasteiger partial charge in [-0.05, 0) is 89.9 Å². The van der Waals surface area contributed by atoms with Crippen LogP contribution in [0, 0.1) is 0 Å². The Bertz CT molecular complexity index is 1110. The zero-order valence-electron chi connectivity index (χ0n) is 38.6. The van der Waals surface area contributed by atoms with Gasteiger partial charge in [0, 0.05) is 6.42 Å². The number of carbonyl (C=O) groups is 2. The summed E-state index contributed by atoms with van der Waals surface area (Å²) in [5, 5.41) is 23.6. The molecule has 0 aromatic heterocycles. The number of aliphatic hydroxyl groups is 2. The van der Waals surface area contributed by atoms with Gasteiger partial charge in [0.25, 0.3) is 0 Å². The molecule has 0 heterocycles. The van der Waals surface area contributed by atoms with Crippen LogP contribution in [0.2, 0.25) is 0 Å². The van der Waals surface area contributed by atoms with E-state index < -0.39 is 18.2 Å². The fraction of sp³-hybridized carbons (Fsp3) is 0.736. The molecule has 0 aliphatic carbocycles. The minimum atomic E-state index is -0.803. The summed E-state index contributed by atoms with van der Waals surface area (Å²) < 4.78 is 5.88.